The molecule has 0 saturated carbocycles. The molecule has 2 fully saturated rings. The summed E-state index contributed by atoms with van der Waals surface area (Å²) in [6.07, 6.45) is 6.44. The number of piperidine rings is 1. The highest BCUT2D eigenvalue weighted by Gasteiger charge is 2.44. The summed E-state index contributed by atoms with van der Waals surface area (Å²) in [5.74, 6) is 3.69. The van der Waals surface area contributed by atoms with E-state index in [4.69, 9.17) is 24.9 Å². The van der Waals surface area contributed by atoms with Gasteiger partial charge in [-0.25, -0.2) is 15.0 Å². The molecule has 7 rings (SSSR count). The summed E-state index contributed by atoms with van der Waals surface area (Å²) in [5.41, 5.74) is 7.40. The predicted octanol–water partition coefficient (Wildman–Crippen LogP) is 3.15. The molecule has 9 nitrogen and oxygen atoms in total. The summed E-state index contributed by atoms with van der Waals surface area (Å²) in [7, 11) is 0. The lowest BCUT2D eigenvalue weighted by Gasteiger charge is -2.45. The number of hydrogen-bond donors (Lipinski definition) is 2. The van der Waals surface area contributed by atoms with Gasteiger partial charge in [-0.1, -0.05) is 30.0 Å². The van der Waals surface area contributed by atoms with Crippen molar-refractivity contribution < 1.29 is 14.2 Å². The van der Waals surface area contributed by atoms with E-state index in [1.54, 1.807) is 6.20 Å². The molecular weight excluding hydrogens is 464 g/mol. The van der Waals surface area contributed by atoms with Crippen LogP contribution in [0, 0.1) is 0 Å². The van der Waals surface area contributed by atoms with E-state index in [9.17, 15) is 0 Å². The second kappa shape index (κ2) is 7.89. The van der Waals surface area contributed by atoms with Crippen LogP contribution in [0.15, 0.2) is 52.6 Å². The van der Waals surface area contributed by atoms with Crippen molar-refractivity contribution in [3.05, 3.63) is 48.3 Å². The van der Waals surface area contributed by atoms with Crippen molar-refractivity contribution in [2.75, 3.05) is 48.9 Å². The Bertz CT molecular complexity index is 1260. The average Bonchev–Trinajstić information content (AvgIpc) is 3.22. The molecule has 4 aliphatic rings. The van der Waals surface area contributed by atoms with Crippen molar-refractivity contribution in [2.24, 2.45) is 0 Å². The SMILES string of the molecule is Nc1nc(N2CCC3(CC2)Cc2ccccc2O3)cnc1Sc1ccnc2c1OCC1(COC1)N2. The molecule has 35 heavy (non-hydrogen) atoms. The molecule has 2 spiro atoms. The summed E-state index contributed by atoms with van der Waals surface area (Å²) in [4.78, 5) is 17.0. The Kier molecular flexibility index (Phi) is 4.75. The van der Waals surface area contributed by atoms with Crippen LogP contribution < -0.4 is 25.4 Å². The topological polar surface area (TPSA) is 108 Å². The van der Waals surface area contributed by atoms with E-state index < -0.39 is 0 Å². The normalized spacial score (nSPS) is 20.9. The van der Waals surface area contributed by atoms with Crippen molar-refractivity contribution in [1.82, 2.24) is 15.0 Å². The lowest BCUT2D eigenvalue weighted by atomic mass is 9.87. The highest BCUT2D eigenvalue weighted by Crippen LogP contribution is 2.44. The molecule has 0 aliphatic carbocycles. The number of nitrogens with one attached hydrogen (secondary N) is 1. The third-order valence-electron chi connectivity index (χ3n) is 7.27. The maximum absolute atomic E-state index is 6.38. The summed E-state index contributed by atoms with van der Waals surface area (Å²) < 4.78 is 17.8. The monoisotopic (exact) mass is 490 g/mol. The lowest BCUT2D eigenvalue weighted by molar-refractivity contribution is -0.0652. The minimum absolute atomic E-state index is 0.104. The van der Waals surface area contributed by atoms with Gasteiger partial charge in [-0.15, -0.1) is 0 Å². The fraction of sp³-hybridized carbons (Fsp3) is 0.400. The van der Waals surface area contributed by atoms with E-state index in [-0.39, 0.29) is 11.1 Å². The quantitative estimate of drug-likeness (QED) is 0.568. The van der Waals surface area contributed by atoms with Crippen LogP contribution in [-0.2, 0) is 11.2 Å². The Morgan fingerprint density at radius 2 is 1.91 bits per heavy atom. The number of hydrogen-bond acceptors (Lipinski definition) is 10. The van der Waals surface area contributed by atoms with Crippen LogP contribution in [0.2, 0.25) is 0 Å². The van der Waals surface area contributed by atoms with Crippen LogP contribution in [0.4, 0.5) is 17.5 Å². The summed E-state index contributed by atoms with van der Waals surface area (Å²) in [6, 6.07) is 10.3. The Morgan fingerprint density at radius 1 is 1.06 bits per heavy atom. The molecule has 1 aromatic carbocycles. The van der Waals surface area contributed by atoms with Gasteiger partial charge in [-0.05, 0) is 17.7 Å². The number of rotatable bonds is 3. The number of para-hydroxylation sites is 1. The van der Waals surface area contributed by atoms with Crippen molar-refractivity contribution in [3.8, 4) is 11.5 Å². The first-order chi connectivity index (χ1) is 17.1. The van der Waals surface area contributed by atoms with Gasteiger partial charge in [0.05, 0.1) is 24.3 Å². The number of pyridine rings is 1. The van der Waals surface area contributed by atoms with E-state index >= 15 is 0 Å². The van der Waals surface area contributed by atoms with Crippen molar-refractivity contribution in [1.29, 1.82) is 0 Å². The second-order valence-corrected chi connectivity index (χ2v) is 10.8. The zero-order valence-electron chi connectivity index (χ0n) is 19.2. The van der Waals surface area contributed by atoms with Gasteiger partial charge in [-0.3, -0.25) is 0 Å². The molecule has 0 amide bonds. The second-order valence-electron chi connectivity index (χ2n) is 9.75. The molecule has 4 aliphatic heterocycles. The van der Waals surface area contributed by atoms with Crippen molar-refractivity contribution >= 4 is 29.2 Å². The van der Waals surface area contributed by atoms with Gasteiger partial charge < -0.3 is 30.2 Å². The fourth-order valence-electron chi connectivity index (χ4n) is 5.25. The zero-order chi connectivity index (χ0) is 23.5. The van der Waals surface area contributed by atoms with Crippen LogP contribution in [0.1, 0.15) is 18.4 Å². The number of ether oxygens (including phenoxy) is 3. The molecule has 2 aromatic heterocycles. The fourth-order valence-corrected chi connectivity index (χ4v) is 6.09. The smallest absolute Gasteiger partial charge is 0.175 e. The third kappa shape index (κ3) is 3.63. The number of nitrogens with zero attached hydrogens (tertiary/aromatic N) is 4. The standard InChI is InChI=1S/C25H26N6O3S/c26-21-23(35-18-5-8-27-22-20(18)33-15-24(30-22)13-32-14-24)28-12-19(29-21)31-9-6-25(7-10-31)11-16-3-1-2-4-17(16)34-25/h1-5,8,12H,6-7,9-11,13-15H2,(H2,26,29)(H,27,30). The first kappa shape index (κ1) is 21.1. The number of aromatic nitrogens is 3. The lowest BCUT2D eigenvalue weighted by Crippen LogP contribution is -2.61. The number of benzene rings is 1. The Balaban J connectivity index is 1.04. The van der Waals surface area contributed by atoms with Gasteiger partial charge in [-0.2, -0.15) is 0 Å². The van der Waals surface area contributed by atoms with Crippen LogP contribution in [0.3, 0.4) is 0 Å². The molecular formula is C25H26N6O3S. The first-order valence-corrected chi connectivity index (χ1v) is 12.7. The highest BCUT2D eigenvalue weighted by atomic mass is 32.2. The average molecular weight is 491 g/mol. The number of nitrogen functional groups attached to an aromatic ring is 1. The van der Waals surface area contributed by atoms with E-state index in [0.717, 1.165) is 60.4 Å². The Morgan fingerprint density at radius 3 is 2.69 bits per heavy atom. The molecule has 0 bridgehead atoms. The van der Waals surface area contributed by atoms with E-state index in [2.05, 4.69) is 38.4 Å². The molecule has 6 heterocycles. The van der Waals surface area contributed by atoms with Gasteiger partial charge in [0, 0.05) is 38.5 Å². The van der Waals surface area contributed by atoms with E-state index in [1.807, 2.05) is 18.3 Å². The third-order valence-corrected chi connectivity index (χ3v) is 8.32. The van der Waals surface area contributed by atoms with Crippen molar-refractivity contribution in [2.45, 2.75) is 40.3 Å². The van der Waals surface area contributed by atoms with Crippen LogP contribution in [0.5, 0.6) is 11.5 Å². The van der Waals surface area contributed by atoms with Gasteiger partial charge in [0.2, 0.25) is 0 Å². The van der Waals surface area contributed by atoms with Crippen LogP contribution in [0.25, 0.3) is 0 Å². The number of anilines is 3. The number of nitrogens with two attached hydrogens (primary N) is 1. The molecule has 2 saturated heterocycles. The van der Waals surface area contributed by atoms with Crippen molar-refractivity contribution in [3.63, 3.8) is 0 Å². The molecule has 3 N–H and O–H groups in total. The van der Waals surface area contributed by atoms with Gasteiger partial charge in [0.1, 0.15) is 34.3 Å². The molecule has 180 valence electrons. The van der Waals surface area contributed by atoms with Gasteiger partial charge in [0.25, 0.3) is 0 Å². The van der Waals surface area contributed by atoms with Crippen LogP contribution in [-0.4, -0.2) is 59.0 Å². The molecule has 0 radical (unpaired) electrons. The maximum Gasteiger partial charge on any atom is 0.175 e. The van der Waals surface area contributed by atoms with Gasteiger partial charge in [0.15, 0.2) is 17.4 Å². The number of fused-ring (bicyclic) bond motifs is 2. The summed E-state index contributed by atoms with van der Waals surface area (Å²) in [6.45, 7) is 3.52. The highest BCUT2D eigenvalue weighted by molar-refractivity contribution is 7.99. The molecule has 3 aromatic rings. The minimum atomic E-state index is -0.164. The Labute approximate surface area is 207 Å². The Hall–Kier alpha value is -3.24. The zero-order valence-corrected chi connectivity index (χ0v) is 20.0. The largest absolute Gasteiger partial charge is 0.487 e. The minimum Gasteiger partial charge on any atom is -0.487 e. The first-order valence-electron chi connectivity index (χ1n) is 11.9. The molecule has 0 atom stereocenters. The van der Waals surface area contributed by atoms with Gasteiger partial charge >= 0.3 is 0 Å². The van der Waals surface area contributed by atoms with Crippen LogP contribution >= 0.6 is 11.8 Å². The van der Waals surface area contributed by atoms with E-state index in [1.165, 1.54) is 17.3 Å². The predicted molar refractivity (Wildman–Crippen MR) is 132 cm³/mol. The summed E-state index contributed by atoms with van der Waals surface area (Å²) in [5, 5.41) is 4.12. The maximum atomic E-state index is 6.38. The molecule has 0 unspecified atom stereocenters. The molecule has 10 heteroatoms. The van der Waals surface area contributed by atoms with E-state index in [0.29, 0.717) is 30.7 Å². The summed E-state index contributed by atoms with van der Waals surface area (Å²) >= 11 is 1.44.